The maximum Gasteiger partial charge on any atom is 0.256 e. The predicted molar refractivity (Wildman–Crippen MR) is 134 cm³/mol. The zero-order valence-corrected chi connectivity index (χ0v) is 20.0. The van der Waals surface area contributed by atoms with Crippen LogP contribution >= 0.6 is 11.8 Å². The Bertz CT molecular complexity index is 1200. The van der Waals surface area contributed by atoms with Crippen LogP contribution in [0.25, 0.3) is 10.9 Å². The van der Waals surface area contributed by atoms with E-state index in [1.54, 1.807) is 19.2 Å². The lowest BCUT2D eigenvalue weighted by molar-refractivity contribution is -0.137. The molecular weight excluding hydrogens is 450 g/mol. The summed E-state index contributed by atoms with van der Waals surface area (Å²) in [6, 6.07) is 13.7. The van der Waals surface area contributed by atoms with Gasteiger partial charge in [-0.25, -0.2) is 9.97 Å². The van der Waals surface area contributed by atoms with Gasteiger partial charge in [-0.3, -0.25) is 4.79 Å². The molecule has 3 heterocycles. The molecule has 2 aliphatic rings. The number of nitrogens with zero attached hydrogens (tertiary/aromatic N) is 2. The molecule has 178 valence electrons. The number of nitrogens with one attached hydrogen (secondary N) is 3. The number of aromatic nitrogens is 2. The van der Waals surface area contributed by atoms with Crippen LogP contribution in [0.4, 0.5) is 11.5 Å². The first-order valence-corrected chi connectivity index (χ1v) is 12.6. The number of carbonyl (C=O) groups excluding carboxylic acids is 1. The molecule has 8 nitrogen and oxygen atoms in total. The zero-order valence-electron chi connectivity index (χ0n) is 19.1. The van der Waals surface area contributed by atoms with Crippen LogP contribution in [-0.2, 0) is 11.3 Å². The van der Waals surface area contributed by atoms with Crippen molar-refractivity contribution in [1.82, 2.24) is 15.3 Å². The third kappa shape index (κ3) is 4.82. The fraction of sp³-hybridized carbons (Fsp3) is 0.400. The van der Waals surface area contributed by atoms with Crippen molar-refractivity contribution in [3.63, 3.8) is 0 Å². The minimum absolute atomic E-state index is 0.233. The summed E-state index contributed by atoms with van der Waals surface area (Å²) in [5.41, 5.74) is 0.802. The molecular formula is C25H29N5O3S. The van der Waals surface area contributed by atoms with Crippen LogP contribution in [0.15, 0.2) is 47.4 Å². The fourth-order valence-electron chi connectivity index (χ4n) is 4.52. The summed E-state index contributed by atoms with van der Waals surface area (Å²) in [7, 11) is 1.56. The highest BCUT2D eigenvalue weighted by molar-refractivity contribution is 7.99. The number of rotatable bonds is 6. The molecule has 0 bridgehead atoms. The summed E-state index contributed by atoms with van der Waals surface area (Å²) in [5, 5.41) is 21.8. The van der Waals surface area contributed by atoms with Gasteiger partial charge in [0.15, 0.2) is 0 Å². The Balaban J connectivity index is 1.18. The van der Waals surface area contributed by atoms with E-state index < -0.39 is 5.60 Å². The van der Waals surface area contributed by atoms with Gasteiger partial charge in [0.2, 0.25) is 5.88 Å². The van der Waals surface area contributed by atoms with Gasteiger partial charge in [-0.2, -0.15) is 0 Å². The number of carbonyl (C=O) groups is 1. The highest BCUT2D eigenvalue weighted by Crippen LogP contribution is 2.32. The van der Waals surface area contributed by atoms with E-state index in [0.29, 0.717) is 49.3 Å². The number of para-hydroxylation sites is 1. The van der Waals surface area contributed by atoms with Crippen LogP contribution in [0.1, 0.15) is 31.4 Å². The topological polar surface area (TPSA) is 108 Å². The monoisotopic (exact) mass is 479 g/mol. The van der Waals surface area contributed by atoms with Crippen molar-refractivity contribution < 1.29 is 14.6 Å². The summed E-state index contributed by atoms with van der Waals surface area (Å²) < 4.78 is 5.22. The van der Waals surface area contributed by atoms with Gasteiger partial charge in [0.1, 0.15) is 11.4 Å². The van der Waals surface area contributed by atoms with Gasteiger partial charge in [-0.1, -0.05) is 12.1 Å². The standard InChI is InChI=1S/C25H29N5O3S/c1-33-21-8-5-16-3-2-4-19(22(16)30-21)29-24(31)25(32)11-9-17(10-12-25)27-15-18-6-7-20-23(28-18)26-13-14-34-20/h2-8,17,27,32H,9-15H2,1H3,(H,26,28)(H,29,31)/t17-,25+. The van der Waals surface area contributed by atoms with Crippen LogP contribution in [0.5, 0.6) is 5.88 Å². The second kappa shape index (κ2) is 9.77. The zero-order chi connectivity index (χ0) is 23.5. The van der Waals surface area contributed by atoms with E-state index in [1.807, 2.05) is 30.0 Å². The fourth-order valence-corrected chi connectivity index (χ4v) is 5.36. The molecule has 1 amide bonds. The Hall–Kier alpha value is -2.88. The van der Waals surface area contributed by atoms with E-state index in [0.717, 1.165) is 29.2 Å². The van der Waals surface area contributed by atoms with Crippen LogP contribution in [-0.4, -0.2) is 52.0 Å². The van der Waals surface area contributed by atoms with Crippen molar-refractivity contribution in [2.45, 2.75) is 48.8 Å². The van der Waals surface area contributed by atoms with Crippen molar-refractivity contribution >= 4 is 40.1 Å². The maximum absolute atomic E-state index is 13.1. The van der Waals surface area contributed by atoms with E-state index in [-0.39, 0.29) is 11.9 Å². The number of ether oxygens (including phenoxy) is 1. The van der Waals surface area contributed by atoms with Crippen LogP contribution in [0.3, 0.4) is 0 Å². The Morgan fingerprint density at radius 3 is 2.88 bits per heavy atom. The third-order valence-electron chi connectivity index (χ3n) is 6.53. The van der Waals surface area contributed by atoms with Gasteiger partial charge in [0.25, 0.3) is 5.91 Å². The third-order valence-corrected chi connectivity index (χ3v) is 7.58. The SMILES string of the molecule is COc1ccc2cccc(NC(=O)[C@]3(O)CC[C@@H](NCc4ccc5c(n4)NCCS5)CC3)c2n1. The van der Waals surface area contributed by atoms with Crippen molar-refractivity contribution in [3.8, 4) is 5.88 Å². The lowest BCUT2D eigenvalue weighted by atomic mass is 9.81. The van der Waals surface area contributed by atoms with Crippen molar-refractivity contribution in [2.24, 2.45) is 0 Å². The van der Waals surface area contributed by atoms with Gasteiger partial charge >= 0.3 is 0 Å². The minimum atomic E-state index is -1.40. The minimum Gasteiger partial charge on any atom is -0.481 e. The van der Waals surface area contributed by atoms with E-state index in [2.05, 4.69) is 33.1 Å². The molecule has 4 N–H and O–H groups in total. The summed E-state index contributed by atoms with van der Waals surface area (Å²) in [5.74, 6) is 2.12. The Morgan fingerprint density at radius 2 is 2.06 bits per heavy atom. The quantitative estimate of drug-likeness (QED) is 0.425. The number of methoxy groups -OCH3 is 1. The highest BCUT2D eigenvalue weighted by atomic mass is 32.2. The van der Waals surface area contributed by atoms with E-state index in [4.69, 9.17) is 9.72 Å². The number of benzene rings is 1. The molecule has 1 aliphatic carbocycles. The molecule has 5 rings (SSSR count). The molecule has 1 aliphatic heterocycles. The van der Waals surface area contributed by atoms with E-state index in [9.17, 15) is 9.90 Å². The van der Waals surface area contributed by atoms with Gasteiger partial charge in [-0.05, 0) is 49.9 Å². The molecule has 0 spiro atoms. The first-order chi connectivity index (χ1) is 16.5. The van der Waals surface area contributed by atoms with Crippen molar-refractivity contribution in [2.75, 3.05) is 30.0 Å². The normalized spacial score (nSPS) is 22.0. The molecule has 34 heavy (non-hydrogen) atoms. The highest BCUT2D eigenvalue weighted by Gasteiger charge is 2.40. The number of aliphatic hydroxyl groups is 1. The van der Waals surface area contributed by atoms with Crippen molar-refractivity contribution in [3.05, 3.63) is 48.2 Å². The smallest absolute Gasteiger partial charge is 0.256 e. The summed E-state index contributed by atoms with van der Waals surface area (Å²) in [6.45, 7) is 1.60. The number of thioether (sulfide) groups is 1. The lowest BCUT2D eigenvalue weighted by Crippen LogP contribution is -2.48. The molecule has 2 aromatic heterocycles. The Morgan fingerprint density at radius 1 is 1.21 bits per heavy atom. The molecule has 1 fully saturated rings. The summed E-state index contributed by atoms with van der Waals surface area (Å²) >= 11 is 1.83. The average Bonchev–Trinajstić information content (AvgIpc) is 2.88. The second-order valence-corrected chi connectivity index (χ2v) is 9.93. The number of hydrogen-bond donors (Lipinski definition) is 4. The number of fused-ring (bicyclic) bond motifs is 2. The molecule has 0 atom stereocenters. The van der Waals surface area contributed by atoms with Gasteiger partial charge in [-0.15, -0.1) is 11.8 Å². The molecule has 0 saturated heterocycles. The number of pyridine rings is 2. The van der Waals surface area contributed by atoms with Gasteiger partial charge in [0, 0.05) is 41.2 Å². The Kier molecular flexibility index (Phi) is 6.58. The molecule has 3 aromatic rings. The molecule has 0 unspecified atom stereocenters. The largest absolute Gasteiger partial charge is 0.481 e. The van der Waals surface area contributed by atoms with Gasteiger partial charge in [0.05, 0.1) is 24.0 Å². The lowest BCUT2D eigenvalue weighted by Gasteiger charge is -2.35. The van der Waals surface area contributed by atoms with Gasteiger partial charge < -0.3 is 25.8 Å². The second-order valence-electron chi connectivity index (χ2n) is 8.80. The summed E-state index contributed by atoms with van der Waals surface area (Å²) in [6.07, 6.45) is 2.22. The van der Waals surface area contributed by atoms with Crippen molar-refractivity contribution in [1.29, 1.82) is 0 Å². The van der Waals surface area contributed by atoms with Crippen LogP contribution in [0, 0.1) is 0 Å². The van der Waals surface area contributed by atoms with Crippen LogP contribution in [0.2, 0.25) is 0 Å². The molecule has 0 radical (unpaired) electrons. The van der Waals surface area contributed by atoms with Crippen LogP contribution < -0.4 is 20.7 Å². The number of hydrogen-bond acceptors (Lipinski definition) is 8. The first-order valence-electron chi connectivity index (χ1n) is 11.6. The predicted octanol–water partition coefficient (Wildman–Crippen LogP) is 3.56. The molecule has 1 aromatic carbocycles. The maximum atomic E-state index is 13.1. The Labute approximate surface area is 202 Å². The van der Waals surface area contributed by atoms with E-state index in [1.165, 1.54) is 4.90 Å². The molecule has 9 heteroatoms. The number of amides is 1. The van der Waals surface area contributed by atoms with E-state index >= 15 is 0 Å². The number of anilines is 2. The summed E-state index contributed by atoms with van der Waals surface area (Å²) in [4.78, 5) is 23.4. The average molecular weight is 480 g/mol. The first kappa shape index (κ1) is 22.9. The molecule has 1 saturated carbocycles.